The zero-order valence-corrected chi connectivity index (χ0v) is 13.9. The van der Waals surface area contributed by atoms with Crippen LogP contribution in [0, 0.1) is 5.92 Å². The van der Waals surface area contributed by atoms with E-state index in [1.54, 1.807) is 19.1 Å². The fraction of sp³-hybridized carbons (Fsp3) is 0.529. The molecule has 23 heavy (non-hydrogen) atoms. The number of rotatable bonds is 7. The number of methoxy groups -OCH3 is 2. The second kappa shape index (κ2) is 7.85. The smallest absolute Gasteiger partial charge is 0.225 e. The van der Waals surface area contributed by atoms with Gasteiger partial charge in [0.25, 0.3) is 0 Å². The molecule has 0 saturated carbocycles. The maximum Gasteiger partial charge on any atom is 0.225 e. The minimum atomic E-state index is -0.255. The van der Waals surface area contributed by atoms with Gasteiger partial charge in [0.1, 0.15) is 0 Å². The van der Waals surface area contributed by atoms with Crippen LogP contribution in [0.2, 0.25) is 0 Å². The number of ether oxygens (including phenoxy) is 2. The third-order valence-corrected chi connectivity index (χ3v) is 3.99. The number of hydrogen-bond acceptors (Lipinski definition) is 4. The fourth-order valence-corrected chi connectivity index (χ4v) is 2.76. The molecular weight excluding hydrogens is 296 g/mol. The van der Waals surface area contributed by atoms with Gasteiger partial charge >= 0.3 is 0 Å². The molecule has 1 aromatic rings. The highest BCUT2D eigenvalue weighted by molar-refractivity contribution is 5.89. The maximum atomic E-state index is 12.2. The van der Waals surface area contributed by atoms with Crippen LogP contribution in [-0.2, 0) is 16.1 Å². The minimum absolute atomic E-state index is 0.0677. The van der Waals surface area contributed by atoms with Gasteiger partial charge in [-0.25, -0.2) is 0 Å². The number of likely N-dealkylation sites (tertiary alicyclic amines) is 1. The average molecular weight is 320 g/mol. The van der Waals surface area contributed by atoms with Crippen molar-refractivity contribution < 1.29 is 19.1 Å². The Balaban J connectivity index is 1.91. The van der Waals surface area contributed by atoms with Crippen molar-refractivity contribution in [2.75, 3.05) is 27.3 Å². The lowest BCUT2D eigenvalue weighted by molar-refractivity contribution is -0.129. The minimum Gasteiger partial charge on any atom is -0.493 e. The molecule has 0 aromatic heterocycles. The molecule has 2 amide bonds. The second-order valence-corrected chi connectivity index (χ2v) is 5.65. The molecule has 6 heteroatoms. The lowest BCUT2D eigenvalue weighted by Gasteiger charge is -2.15. The Morgan fingerprint density at radius 2 is 2.04 bits per heavy atom. The molecule has 6 nitrogen and oxygen atoms in total. The maximum absolute atomic E-state index is 12.2. The van der Waals surface area contributed by atoms with Crippen molar-refractivity contribution in [3.8, 4) is 11.5 Å². The average Bonchev–Trinajstić information content (AvgIpc) is 2.93. The first-order valence-corrected chi connectivity index (χ1v) is 7.85. The van der Waals surface area contributed by atoms with Gasteiger partial charge in [-0.2, -0.15) is 0 Å². The summed E-state index contributed by atoms with van der Waals surface area (Å²) in [6.07, 6.45) is 1.21. The molecule has 1 heterocycles. The quantitative estimate of drug-likeness (QED) is 0.828. The summed E-state index contributed by atoms with van der Waals surface area (Å²) >= 11 is 0. The molecule has 0 aliphatic carbocycles. The number of nitrogens with one attached hydrogen (secondary N) is 1. The van der Waals surface area contributed by atoms with E-state index in [2.05, 4.69) is 5.32 Å². The summed E-state index contributed by atoms with van der Waals surface area (Å²) in [6.45, 7) is 3.66. The first kappa shape index (κ1) is 17.1. The molecule has 1 aliphatic rings. The number of benzene rings is 1. The van der Waals surface area contributed by atoms with Crippen molar-refractivity contribution in [3.63, 3.8) is 0 Å². The van der Waals surface area contributed by atoms with Crippen LogP contribution >= 0.6 is 0 Å². The molecule has 1 fully saturated rings. The highest BCUT2D eigenvalue weighted by Crippen LogP contribution is 2.27. The number of hydrogen-bond donors (Lipinski definition) is 1. The predicted molar refractivity (Wildman–Crippen MR) is 86.4 cm³/mol. The normalized spacial score (nSPS) is 17.3. The molecule has 2 rings (SSSR count). The van der Waals surface area contributed by atoms with Gasteiger partial charge in [0.2, 0.25) is 11.8 Å². The first-order valence-electron chi connectivity index (χ1n) is 7.85. The van der Waals surface area contributed by atoms with Crippen molar-refractivity contribution in [2.24, 2.45) is 5.92 Å². The van der Waals surface area contributed by atoms with Gasteiger partial charge in [-0.05, 0) is 24.1 Å². The highest BCUT2D eigenvalue weighted by atomic mass is 16.5. The Bertz CT molecular complexity index is 574. The van der Waals surface area contributed by atoms with Gasteiger partial charge < -0.3 is 19.7 Å². The first-order chi connectivity index (χ1) is 11.1. The summed E-state index contributed by atoms with van der Waals surface area (Å²) in [5.74, 6) is 1.02. The van der Waals surface area contributed by atoms with Gasteiger partial charge in [-0.15, -0.1) is 0 Å². The Kier molecular flexibility index (Phi) is 5.84. The molecule has 1 aromatic carbocycles. The van der Waals surface area contributed by atoms with E-state index in [1.807, 2.05) is 25.1 Å². The van der Waals surface area contributed by atoms with E-state index in [4.69, 9.17) is 9.47 Å². The molecule has 1 unspecified atom stereocenters. The van der Waals surface area contributed by atoms with Crippen LogP contribution in [0.5, 0.6) is 11.5 Å². The van der Waals surface area contributed by atoms with Crippen molar-refractivity contribution in [2.45, 2.75) is 26.3 Å². The molecule has 1 atom stereocenters. The van der Waals surface area contributed by atoms with E-state index in [0.717, 1.165) is 18.5 Å². The van der Waals surface area contributed by atoms with E-state index in [-0.39, 0.29) is 17.7 Å². The Labute approximate surface area is 136 Å². The SMILES string of the molecule is CCCN1CC(C(=O)NCc2ccc(OC)c(OC)c2)CC1=O. The van der Waals surface area contributed by atoms with E-state index in [9.17, 15) is 9.59 Å². The Morgan fingerprint density at radius 3 is 2.70 bits per heavy atom. The third kappa shape index (κ3) is 4.15. The van der Waals surface area contributed by atoms with Crippen molar-refractivity contribution >= 4 is 11.8 Å². The van der Waals surface area contributed by atoms with Gasteiger partial charge in [-0.3, -0.25) is 9.59 Å². The largest absolute Gasteiger partial charge is 0.493 e. The summed E-state index contributed by atoms with van der Waals surface area (Å²) in [5, 5.41) is 2.90. The van der Waals surface area contributed by atoms with Crippen LogP contribution in [0.15, 0.2) is 18.2 Å². The van der Waals surface area contributed by atoms with Crippen LogP contribution in [0.4, 0.5) is 0 Å². The van der Waals surface area contributed by atoms with E-state index >= 15 is 0 Å². The lowest BCUT2D eigenvalue weighted by Crippen LogP contribution is -2.32. The standard InChI is InChI=1S/C17H24N2O4/c1-4-7-19-11-13(9-16(19)20)17(21)18-10-12-5-6-14(22-2)15(8-12)23-3/h5-6,8,13H,4,7,9-11H2,1-3H3,(H,18,21). The zero-order chi connectivity index (χ0) is 16.8. The summed E-state index contributed by atoms with van der Waals surface area (Å²) in [6, 6.07) is 5.52. The number of amides is 2. The predicted octanol–water partition coefficient (Wildman–Crippen LogP) is 1.58. The molecule has 0 radical (unpaired) electrons. The molecule has 1 aliphatic heterocycles. The highest BCUT2D eigenvalue weighted by Gasteiger charge is 2.33. The summed E-state index contributed by atoms with van der Waals surface area (Å²) in [7, 11) is 3.16. The fourth-order valence-electron chi connectivity index (χ4n) is 2.76. The van der Waals surface area contributed by atoms with Crippen molar-refractivity contribution in [3.05, 3.63) is 23.8 Å². The third-order valence-electron chi connectivity index (χ3n) is 3.99. The van der Waals surface area contributed by atoms with Gasteiger partial charge in [0.15, 0.2) is 11.5 Å². The summed E-state index contributed by atoms with van der Waals surface area (Å²) < 4.78 is 10.4. The molecule has 0 spiro atoms. The molecule has 0 bridgehead atoms. The lowest BCUT2D eigenvalue weighted by atomic mass is 10.1. The monoisotopic (exact) mass is 320 g/mol. The number of carbonyl (C=O) groups is 2. The molecular formula is C17H24N2O4. The van der Waals surface area contributed by atoms with Crippen LogP contribution in [0.3, 0.4) is 0 Å². The van der Waals surface area contributed by atoms with Crippen LogP contribution in [0.25, 0.3) is 0 Å². The van der Waals surface area contributed by atoms with Crippen LogP contribution < -0.4 is 14.8 Å². The topological polar surface area (TPSA) is 67.9 Å². The molecule has 1 N–H and O–H groups in total. The van der Waals surface area contributed by atoms with Crippen molar-refractivity contribution in [1.82, 2.24) is 10.2 Å². The summed E-state index contributed by atoms with van der Waals surface area (Å²) in [5.41, 5.74) is 0.922. The number of carbonyl (C=O) groups excluding carboxylic acids is 2. The van der Waals surface area contributed by atoms with E-state index in [0.29, 0.717) is 31.0 Å². The van der Waals surface area contributed by atoms with Crippen LogP contribution in [-0.4, -0.2) is 44.0 Å². The van der Waals surface area contributed by atoms with Gasteiger partial charge in [-0.1, -0.05) is 13.0 Å². The molecule has 126 valence electrons. The second-order valence-electron chi connectivity index (χ2n) is 5.65. The van der Waals surface area contributed by atoms with Gasteiger partial charge in [0.05, 0.1) is 20.1 Å². The van der Waals surface area contributed by atoms with Crippen molar-refractivity contribution in [1.29, 1.82) is 0 Å². The molecule has 1 saturated heterocycles. The van der Waals surface area contributed by atoms with E-state index in [1.165, 1.54) is 0 Å². The van der Waals surface area contributed by atoms with Crippen LogP contribution in [0.1, 0.15) is 25.3 Å². The Hall–Kier alpha value is -2.24. The van der Waals surface area contributed by atoms with E-state index < -0.39 is 0 Å². The summed E-state index contributed by atoms with van der Waals surface area (Å²) in [4.78, 5) is 25.8. The number of nitrogens with zero attached hydrogens (tertiary/aromatic N) is 1. The Morgan fingerprint density at radius 1 is 1.30 bits per heavy atom. The van der Waals surface area contributed by atoms with Gasteiger partial charge in [0, 0.05) is 26.1 Å². The zero-order valence-electron chi connectivity index (χ0n) is 13.9.